The Morgan fingerprint density at radius 2 is 1.85 bits per heavy atom. The highest BCUT2D eigenvalue weighted by molar-refractivity contribution is 7.10. The molecule has 1 aliphatic heterocycles. The fourth-order valence-electron chi connectivity index (χ4n) is 3.08. The van der Waals surface area contributed by atoms with E-state index in [1.54, 1.807) is 28.4 Å². The molecule has 1 amide bonds. The molecular weight excluding hydrogens is 354 g/mol. The molecule has 1 aromatic heterocycles. The zero-order valence-electron chi connectivity index (χ0n) is 14.3. The molecule has 2 aromatic rings. The molecule has 1 fully saturated rings. The molecule has 0 spiro atoms. The number of amides is 1. The number of carbonyl (C=O) groups excluding carboxylic acids is 3. The minimum Gasteiger partial charge on any atom is -0.465 e. The summed E-state index contributed by atoms with van der Waals surface area (Å²) < 4.78 is 9.84. The Kier molecular flexibility index (Phi) is 5.68. The summed E-state index contributed by atoms with van der Waals surface area (Å²) in [6.07, 6.45) is 1.83. The monoisotopic (exact) mass is 373 g/mol. The molecule has 26 heavy (non-hydrogen) atoms. The predicted octanol–water partition coefficient (Wildman–Crippen LogP) is 3.06. The largest absolute Gasteiger partial charge is 0.465 e. The van der Waals surface area contributed by atoms with Gasteiger partial charge in [-0.2, -0.15) is 0 Å². The quantitative estimate of drug-likeness (QED) is 0.753. The van der Waals surface area contributed by atoms with Gasteiger partial charge in [-0.1, -0.05) is 18.2 Å². The maximum Gasteiger partial charge on any atom is 0.339 e. The van der Waals surface area contributed by atoms with Crippen molar-refractivity contribution in [2.75, 3.05) is 20.3 Å². The first-order chi connectivity index (χ1) is 12.6. The standard InChI is InChI=1S/C19H19NO5S/c1-24-18(22)13-6-2-3-7-14(13)19(23)25-12-17(21)20-10-4-8-15(20)16-9-5-11-26-16/h2-3,5-7,9,11,15H,4,8,10,12H2,1H3. The average Bonchev–Trinajstić information content (AvgIpc) is 3.36. The average molecular weight is 373 g/mol. The van der Waals surface area contributed by atoms with E-state index in [4.69, 9.17) is 4.74 Å². The van der Waals surface area contributed by atoms with Gasteiger partial charge >= 0.3 is 11.9 Å². The predicted molar refractivity (Wildman–Crippen MR) is 96.1 cm³/mol. The number of benzene rings is 1. The summed E-state index contributed by atoms with van der Waals surface area (Å²) in [6, 6.07) is 10.2. The second-order valence-electron chi connectivity index (χ2n) is 5.87. The molecule has 1 unspecified atom stereocenters. The number of hydrogen-bond acceptors (Lipinski definition) is 6. The van der Waals surface area contributed by atoms with E-state index in [1.165, 1.54) is 19.2 Å². The molecule has 1 saturated heterocycles. The van der Waals surface area contributed by atoms with Crippen molar-refractivity contribution in [2.24, 2.45) is 0 Å². The van der Waals surface area contributed by atoms with E-state index < -0.39 is 11.9 Å². The number of carbonyl (C=O) groups is 3. The number of rotatable bonds is 5. The lowest BCUT2D eigenvalue weighted by molar-refractivity contribution is -0.135. The van der Waals surface area contributed by atoms with E-state index in [9.17, 15) is 14.4 Å². The molecule has 1 aliphatic rings. The van der Waals surface area contributed by atoms with E-state index in [-0.39, 0.29) is 29.7 Å². The van der Waals surface area contributed by atoms with Crippen molar-refractivity contribution in [1.29, 1.82) is 0 Å². The summed E-state index contributed by atoms with van der Waals surface area (Å²) in [5.74, 6) is -1.57. The summed E-state index contributed by atoms with van der Waals surface area (Å²) in [5.41, 5.74) is 0.202. The molecule has 0 bridgehead atoms. The van der Waals surface area contributed by atoms with Gasteiger partial charge in [0.05, 0.1) is 24.3 Å². The molecule has 6 nitrogen and oxygen atoms in total. The fraction of sp³-hybridized carbons (Fsp3) is 0.316. The van der Waals surface area contributed by atoms with E-state index in [1.807, 2.05) is 17.5 Å². The van der Waals surface area contributed by atoms with E-state index in [0.29, 0.717) is 6.54 Å². The molecule has 136 valence electrons. The Morgan fingerprint density at radius 3 is 2.50 bits per heavy atom. The molecular formula is C19H19NO5S. The van der Waals surface area contributed by atoms with Crippen LogP contribution in [0.25, 0.3) is 0 Å². The van der Waals surface area contributed by atoms with Crippen LogP contribution in [0.15, 0.2) is 41.8 Å². The van der Waals surface area contributed by atoms with Crippen molar-refractivity contribution < 1.29 is 23.9 Å². The molecule has 0 N–H and O–H groups in total. The highest BCUT2D eigenvalue weighted by Crippen LogP contribution is 2.34. The molecule has 0 radical (unpaired) electrons. The third kappa shape index (κ3) is 3.77. The number of methoxy groups -OCH3 is 1. The van der Waals surface area contributed by atoms with E-state index in [2.05, 4.69) is 4.74 Å². The van der Waals surface area contributed by atoms with Crippen LogP contribution in [-0.4, -0.2) is 43.0 Å². The second-order valence-corrected chi connectivity index (χ2v) is 6.85. The van der Waals surface area contributed by atoms with Gasteiger partial charge in [-0.15, -0.1) is 11.3 Å². The van der Waals surface area contributed by atoms with Crippen LogP contribution in [0.5, 0.6) is 0 Å². The Morgan fingerprint density at radius 1 is 1.12 bits per heavy atom. The molecule has 1 aromatic carbocycles. The van der Waals surface area contributed by atoms with Crippen LogP contribution in [0.3, 0.4) is 0 Å². The van der Waals surface area contributed by atoms with Crippen LogP contribution in [0.4, 0.5) is 0 Å². The van der Waals surface area contributed by atoms with Crippen LogP contribution >= 0.6 is 11.3 Å². The van der Waals surface area contributed by atoms with Crippen molar-refractivity contribution in [2.45, 2.75) is 18.9 Å². The molecule has 1 atom stereocenters. The lowest BCUT2D eigenvalue weighted by Gasteiger charge is -2.23. The van der Waals surface area contributed by atoms with Gasteiger partial charge in [-0.25, -0.2) is 9.59 Å². The van der Waals surface area contributed by atoms with Gasteiger partial charge in [0.1, 0.15) is 0 Å². The van der Waals surface area contributed by atoms with Crippen LogP contribution < -0.4 is 0 Å². The molecule has 0 saturated carbocycles. The van der Waals surface area contributed by atoms with Gasteiger partial charge in [-0.05, 0) is 36.4 Å². The van der Waals surface area contributed by atoms with Crippen molar-refractivity contribution in [3.63, 3.8) is 0 Å². The normalized spacial score (nSPS) is 16.3. The highest BCUT2D eigenvalue weighted by atomic mass is 32.1. The van der Waals surface area contributed by atoms with Gasteiger partial charge in [0.25, 0.3) is 5.91 Å². The summed E-state index contributed by atoms with van der Waals surface area (Å²) in [4.78, 5) is 39.5. The van der Waals surface area contributed by atoms with Gasteiger partial charge in [0.15, 0.2) is 6.61 Å². The van der Waals surface area contributed by atoms with Crippen molar-refractivity contribution >= 4 is 29.2 Å². The minimum absolute atomic E-state index is 0.0450. The summed E-state index contributed by atoms with van der Waals surface area (Å²) in [5, 5.41) is 1.99. The van der Waals surface area contributed by atoms with Crippen LogP contribution in [0.1, 0.15) is 44.5 Å². The second kappa shape index (κ2) is 8.14. The van der Waals surface area contributed by atoms with Gasteiger partial charge in [0, 0.05) is 11.4 Å². The summed E-state index contributed by atoms with van der Waals surface area (Å²) >= 11 is 1.62. The Bertz CT molecular complexity index is 802. The van der Waals surface area contributed by atoms with Crippen molar-refractivity contribution in [3.8, 4) is 0 Å². The molecule has 0 aliphatic carbocycles. The fourth-order valence-corrected chi connectivity index (χ4v) is 3.95. The van der Waals surface area contributed by atoms with Gasteiger partial charge in [0.2, 0.25) is 0 Å². The first kappa shape index (κ1) is 18.1. The van der Waals surface area contributed by atoms with E-state index >= 15 is 0 Å². The zero-order valence-corrected chi connectivity index (χ0v) is 15.2. The first-order valence-electron chi connectivity index (χ1n) is 8.29. The zero-order chi connectivity index (χ0) is 18.5. The van der Waals surface area contributed by atoms with Gasteiger partial charge in [-0.3, -0.25) is 4.79 Å². The summed E-state index contributed by atoms with van der Waals surface area (Å²) in [6.45, 7) is 0.300. The highest BCUT2D eigenvalue weighted by Gasteiger charge is 2.31. The third-order valence-corrected chi connectivity index (χ3v) is 5.30. The lowest BCUT2D eigenvalue weighted by Crippen LogP contribution is -2.34. The molecule has 7 heteroatoms. The lowest BCUT2D eigenvalue weighted by atomic mass is 10.1. The number of esters is 2. The number of thiophene rings is 1. The van der Waals surface area contributed by atoms with Crippen LogP contribution in [0.2, 0.25) is 0 Å². The minimum atomic E-state index is -0.716. The number of hydrogen-bond donors (Lipinski definition) is 0. The van der Waals surface area contributed by atoms with Crippen molar-refractivity contribution in [1.82, 2.24) is 4.90 Å². The number of likely N-dealkylation sites (tertiary alicyclic amines) is 1. The summed E-state index contributed by atoms with van der Waals surface area (Å²) in [7, 11) is 1.24. The Hall–Kier alpha value is -2.67. The van der Waals surface area contributed by atoms with Gasteiger partial charge < -0.3 is 14.4 Å². The number of ether oxygens (including phenoxy) is 2. The van der Waals surface area contributed by atoms with Crippen molar-refractivity contribution in [3.05, 3.63) is 57.8 Å². The molecule has 2 heterocycles. The maximum absolute atomic E-state index is 12.5. The Balaban J connectivity index is 1.65. The SMILES string of the molecule is COC(=O)c1ccccc1C(=O)OCC(=O)N1CCCC1c1cccs1. The smallest absolute Gasteiger partial charge is 0.339 e. The third-order valence-electron chi connectivity index (χ3n) is 4.32. The van der Waals surface area contributed by atoms with Crippen LogP contribution in [0, 0.1) is 0 Å². The topological polar surface area (TPSA) is 72.9 Å². The number of nitrogens with zero attached hydrogens (tertiary/aromatic N) is 1. The first-order valence-corrected chi connectivity index (χ1v) is 9.17. The maximum atomic E-state index is 12.5. The van der Waals surface area contributed by atoms with E-state index in [0.717, 1.165) is 17.7 Å². The Labute approximate surface area is 155 Å². The molecule has 3 rings (SSSR count). The van der Waals surface area contributed by atoms with Crippen LogP contribution in [-0.2, 0) is 14.3 Å².